The summed E-state index contributed by atoms with van der Waals surface area (Å²) in [5.74, 6) is -0.105. The average molecular weight is 394 g/mol. The minimum absolute atomic E-state index is 0.0210. The van der Waals surface area contributed by atoms with Crippen LogP contribution >= 0.6 is 11.8 Å². The second-order valence-corrected chi connectivity index (χ2v) is 8.10. The number of likely N-dealkylation sites (tertiary alicyclic amines) is 1. The number of rotatable bonds is 4. The van der Waals surface area contributed by atoms with Crippen LogP contribution in [0.2, 0.25) is 0 Å². The highest BCUT2D eigenvalue weighted by Gasteiger charge is 2.35. The van der Waals surface area contributed by atoms with Crippen LogP contribution in [0.25, 0.3) is 0 Å². The summed E-state index contributed by atoms with van der Waals surface area (Å²) in [5, 5.41) is 0.696. The van der Waals surface area contributed by atoms with Crippen LogP contribution in [0.5, 0.6) is 0 Å². The average Bonchev–Trinajstić information content (AvgIpc) is 2.68. The molecule has 0 aliphatic carbocycles. The number of esters is 1. The number of aryl methyl sites for hydroxylation is 1. The first-order valence-electron chi connectivity index (χ1n) is 9.64. The largest absolute Gasteiger partial charge is 0.466 e. The number of fused-ring (bicyclic) bond motifs is 1. The molecule has 0 N–H and O–H groups in total. The Morgan fingerprint density at radius 1 is 1.26 bits per heavy atom. The Balaban J connectivity index is 1.74. The molecule has 7 nitrogen and oxygen atoms in total. The third-order valence-electron chi connectivity index (χ3n) is 5.31. The smallest absolute Gasteiger partial charge is 0.310 e. The van der Waals surface area contributed by atoms with Gasteiger partial charge in [-0.25, -0.2) is 4.98 Å². The van der Waals surface area contributed by atoms with Crippen molar-refractivity contribution >= 4 is 23.6 Å². The summed E-state index contributed by atoms with van der Waals surface area (Å²) in [4.78, 5) is 44.1. The van der Waals surface area contributed by atoms with Crippen LogP contribution < -0.4 is 5.56 Å². The van der Waals surface area contributed by atoms with E-state index in [0.29, 0.717) is 49.1 Å². The van der Waals surface area contributed by atoms with E-state index in [1.165, 1.54) is 11.8 Å². The van der Waals surface area contributed by atoms with Crippen molar-refractivity contribution in [3.05, 3.63) is 21.6 Å². The minimum Gasteiger partial charge on any atom is -0.466 e. The Morgan fingerprint density at radius 3 is 2.74 bits per heavy atom. The van der Waals surface area contributed by atoms with Gasteiger partial charge in [-0.2, -0.15) is 0 Å². The number of ether oxygens (including phenoxy) is 1. The van der Waals surface area contributed by atoms with E-state index in [1.54, 1.807) is 16.4 Å². The van der Waals surface area contributed by atoms with Gasteiger partial charge < -0.3 is 9.64 Å². The van der Waals surface area contributed by atoms with E-state index in [4.69, 9.17) is 4.74 Å². The number of amides is 1. The van der Waals surface area contributed by atoms with Crippen molar-refractivity contribution in [3.8, 4) is 0 Å². The van der Waals surface area contributed by atoms with Crippen molar-refractivity contribution in [3.63, 3.8) is 0 Å². The van der Waals surface area contributed by atoms with Gasteiger partial charge in [0.1, 0.15) is 0 Å². The van der Waals surface area contributed by atoms with Gasteiger partial charge in [0.05, 0.1) is 18.4 Å². The van der Waals surface area contributed by atoms with Crippen molar-refractivity contribution in [2.24, 2.45) is 11.8 Å². The summed E-state index contributed by atoms with van der Waals surface area (Å²) in [7, 11) is 0. The van der Waals surface area contributed by atoms with E-state index >= 15 is 0 Å². The summed E-state index contributed by atoms with van der Waals surface area (Å²) < 4.78 is 6.77. The number of thioether (sulfide) groups is 1. The second-order valence-electron chi connectivity index (χ2n) is 7.11. The van der Waals surface area contributed by atoms with Crippen molar-refractivity contribution in [2.75, 3.05) is 25.4 Å². The number of hydrogen-bond donors (Lipinski definition) is 0. The van der Waals surface area contributed by atoms with Gasteiger partial charge in [-0.3, -0.25) is 19.0 Å². The summed E-state index contributed by atoms with van der Waals surface area (Å²) in [6.45, 7) is 7.38. The first kappa shape index (κ1) is 19.9. The van der Waals surface area contributed by atoms with Gasteiger partial charge in [-0.1, -0.05) is 18.7 Å². The molecule has 148 valence electrons. The summed E-state index contributed by atoms with van der Waals surface area (Å²) in [5.41, 5.74) is 1.46. The zero-order valence-corrected chi connectivity index (χ0v) is 17.0. The molecular weight excluding hydrogens is 366 g/mol. The zero-order chi connectivity index (χ0) is 19.6. The fourth-order valence-electron chi connectivity index (χ4n) is 3.84. The summed E-state index contributed by atoms with van der Waals surface area (Å²) in [6.07, 6.45) is 2.19. The number of hydrogen-bond acceptors (Lipinski definition) is 6. The predicted octanol–water partition coefficient (Wildman–Crippen LogP) is 1.64. The number of carbonyl (C=O) groups is 2. The SMILES string of the molecule is CCOC(=O)[C@@H]1CCCN(C(=O)[C@H]2CSc3nc(C)c(CC)c(=O)n3C2)C1. The van der Waals surface area contributed by atoms with Gasteiger partial charge in [0.15, 0.2) is 5.16 Å². The molecule has 0 radical (unpaired) electrons. The number of nitrogens with zero attached hydrogens (tertiary/aromatic N) is 3. The van der Waals surface area contributed by atoms with Crippen molar-refractivity contribution in [2.45, 2.75) is 51.7 Å². The highest BCUT2D eigenvalue weighted by Crippen LogP contribution is 2.28. The lowest BCUT2D eigenvalue weighted by atomic mass is 9.96. The maximum Gasteiger partial charge on any atom is 0.310 e. The molecular formula is C19H27N3O4S. The molecule has 1 amide bonds. The van der Waals surface area contributed by atoms with Gasteiger partial charge >= 0.3 is 5.97 Å². The Labute approximate surface area is 163 Å². The van der Waals surface area contributed by atoms with Crippen LogP contribution in [0, 0.1) is 18.8 Å². The quantitative estimate of drug-likeness (QED) is 0.571. The van der Waals surface area contributed by atoms with Gasteiger partial charge in [-0.05, 0) is 33.1 Å². The van der Waals surface area contributed by atoms with E-state index in [2.05, 4.69) is 4.98 Å². The fourth-order valence-corrected chi connectivity index (χ4v) is 4.95. The van der Waals surface area contributed by atoms with Gasteiger partial charge in [0, 0.05) is 36.6 Å². The van der Waals surface area contributed by atoms with Crippen LogP contribution in [-0.2, 0) is 27.3 Å². The van der Waals surface area contributed by atoms with Crippen molar-refractivity contribution in [1.29, 1.82) is 0 Å². The molecule has 1 aromatic heterocycles. The second kappa shape index (κ2) is 8.46. The van der Waals surface area contributed by atoms with E-state index < -0.39 is 0 Å². The Hall–Kier alpha value is -1.83. The normalized spacial score (nSPS) is 22.3. The standard InChI is InChI=1S/C19H27N3O4S/c1-4-15-12(3)20-19-22(17(15)24)10-14(11-27-19)16(23)21-8-6-7-13(9-21)18(25)26-5-2/h13-14H,4-11H2,1-3H3/t13-,14-/m1/s1. The lowest BCUT2D eigenvalue weighted by molar-refractivity contribution is -0.151. The molecule has 1 fully saturated rings. The molecule has 3 heterocycles. The number of carbonyl (C=O) groups excluding carboxylic acids is 2. The molecule has 27 heavy (non-hydrogen) atoms. The van der Waals surface area contributed by atoms with Crippen LogP contribution in [0.4, 0.5) is 0 Å². The van der Waals surface area contributed by atoms with E-state index in [0.717, 1.165) is 18.5 Å². The predicted molar refractivity (Wildman–Crippen MR) is 103 cm³/mol. The molecule has 1 aromatic rings. The molecule has 0 saturated carbocycles. The molecule has 1 saturated heterocycles. The molecule has 3 rings (SSSR count). The van der Waals surface area contributed by atoms with Crippen LogP contribution in [0.1, 0.15) is 37.9 Å². The summed E-state index contributed by atoms with van der Waals surface area (Å²) >= 11 is 1.46. The van der Waals surface area contributed by atoms with E-state index in [-0.39, 0.29) is 29.3 Å². The van der Waals surface area contributed by atoms with Crippen LogP contribution in [0.15, 0.2) is 9.95 Å². The maximum absolute atomic E-state index is 13.0. The van der Waals surface area contributed by atoms with Crippen LogP contribution in [-0.4, -0.2) is 51.8 Å². The lowest BCUT2D eigenvalue weighted by Gasteiger charge is -2.35. The monoisotopic (exact) mass is 393 g/mol. The molecule has 2 aliphatic heterocycles. The topological polar surface area (TPSA) is 81.5 Å². The third-order valence-corrected chi connectivity index (χ3v) is 6.45. The molecule has 8 heteroatoms. The maximum atomic E-state index is 13.0. The van der Waals surface area contributed by atoms with Gasteiger partial charge in [0.2, 0.25) is 5.91 Å². The molecule has 0 aromatic carbocycles. The Morgan fingerprint density at radius 2 is 2.04 bits per heavy atom. The molecule has 0 spiro atoms. The highest BCUT2D eigenvalue weighted by molar-refractivity contribution is 7.99. The summed E-state index contributed by atoms with van der Waals surface area (Å²) in [6, 6.07) is 0. The minimum atomic E-state index is -0.268. The first-order valence-corrected chi connectivity index (χ1v) is 10.6. The van der Waals surface area contributed by atoms with Gasteiger partial charge in [0.25, 0.3) is 5.56 Å². The lowest BCUT2D eigenvalue weighted by Crippen LogP contribution is -2.48. The first-order chi connectivity index (χ1) is 13.0. The third kappa shape index (κ3) is 4.05. The Kier molecular flexibility index (Phi) is 6.24. The van der Waals surface area contributed by atoms with Crippen molar-refractivity contribution < 1.29 is 14.3 Å². The van der Waals surface area contributed by atoms with E-state index in [1.807, 2.05) is 13.8 Å². The van der Waals surface area contributed by atoms with Gasteiger partial charge in [-0.15, -0.1) is 0 Å². The Bertz CT molecular complexity index is 792. The van der Waals surface area contributed by atoms with E-state index in [9.17, 15) is 14.4 Å². The van der Waals surface area contributed by atoms with Crippen molar-refractivity contribution in [1.82, 2.24) is 14.5 Å². The van der Waals surface area contributed by atoms with Crippen LogP contribution in [0.3, 0.4) is 0 Å². The molecule has 0 unspecified atom stereocenters. The molecule has 0 bridgehead atoms. The number of aromatic nitrogens is 2. The number of piperidine rings is 1. The zero-order valence-electron chi connectivity index (χ0n) is 16.2. The molecule has 2 aliphatic rings. The molecule has 2 atom stereocenters. The fraction of sp³-hybridized carbons (Fsp3) is 0.684. The highest BCUT2D eigenvalue weighted by atomic mass is 32.2.